The molecular formula is C44H50N4O8Si2. The molecule has 0 heterocycles. The van der Waals surface area contributed by atoms with Gasteiger partial charge in [-0.3, -0.25) is 30.2 Å². The summed E-state index contributed by atoms with van der Waals surface area (Å²) in [5, 5.41) is 43.0. The van der Waals surface area contributed by atoms with Crippen LogP contribution in [0.2, 0.25) is 36.3 Å². The molecule has 58 heavy (non-hydrogen) atoms. The molecule has 5 rings (SSSR count). The van der Waals surface area contributed by atoms with Crippen molar-refractivity contribution in [2.45, 2.75) is 77.8 Å². The van der Waals surface area contributed by atoms with Crippen molar-refractivity contribution in [3.8, 4) is 45.3 Å². The van der Waals surface area contributed by atoms with Gasteiger partial charge in [0.25, 0.3) is 28.0 Å². The molecule has 302 valence electrons. The van der Waals surface area contributed by atoms with E-state index < -0.39 is 26.5 Å². The first-order valence-corrected chi connectivity index (χ1v) is 24.6. The van der Waals surface area contributed by atoms with E-state index >= 15 is 0 Å². The summed E-state index contributed by atoms with van der Waals surface area (Å²) in [6.07, 6.45) is 2.79. The summed E-state index contributed by atoms with van der Waals surface area (Å²) in [7, 11) is -4.73. The maximum atomic E-state index is 11.3. The lowest BCUT2D eigenvalue weighted by Gasteiger charge is -2.40. The topological polar surface area (TPSA) is 170 Å². The monoisotopic (exact) mass is 818 g/mol. The molecule has 0 aliphatic carbocycles. The van der Waals surface area contributed by atoms with Crippen LogP contribution in [-0.4, -0.2) is 49.1 Å². The van der Waals surface area contributed by atoms with Gasteiger partial charge in [-0.15, -0.1) is 0 Å². The fraction of sp³-hybridized carbons (Fsp3) is 0.273. The number of non-ortho nitro benzene ring substituents is 2. The van der Waals surface area contributed by atoms with E-state index in [9.17, 15) is 30.4 Å². The Labute approximate surface area is 341 Å². The number of benzene rings is 5. The van der Waals surface area contributed by atoms with Gasteiger partial charge in [0.15, 0.2) is 0 Å². The van der Waals surface area contributed by atoms with E-state index in [-0.39, 0.29) is 44.1 Å². The number of phenols is 2. The van der Waals surface area contributed by atoms with E-state index in [0.29, 0.717) is 22.9 Å². The summed E-state index contributed by atoms with van der Waals surface area (Å²) in [4.78, 5) is 30.5. The van der Waals surface area contributed by atoms with E-state index in [1.165, 1.54) is 48.8 Å². The minimum absolute atomic E-state index is 0.0921. The number of nitro benzene ring substituents is 2. The number of phenolic OH excluding ortho intramolecular Hbond substituents is 2. The van der Waals surface area contributed by atoms with Crippen LogP contribution in [0.3, 0.4) is 0 Å². The minimum atomic E-state index is -2.36. The Kier molecular flexibility index (Phi) is 12.2. The predicted molar refractivity (Wildman–Crippen MR) is 237 cm³/mol. The van der Waals surface area contributed by atoms with Gasteiger partial charge in [0.1, 0.15) is 23.0 Å². The predicted octanol–water partition coefficient (Wildman–Crippen LogP) is 12.5. The van der Waals surface area contributed by atoms with Crippen molar-refractivity contribution >= 4 is 51.8 Å². The Hall–Kier alpha value is -6.13. The molecule has 0 fully saturated rings. The van der Waals surface area contributed by atoms with Crippen LogP contribution in [-0.2, 0) is 0 Å². The fourth-order valence-electron chi connectivity index (χ4n) is 5.31. The zero-order chi connectivity index (χ0) is 42.8. The SMILES string of the molecule is CC(C)(C)[Si](C)(C)Oc1cc(-c2ccc(N=Cc3cc([N+](=O)[O-])ccc3O)cc2)c(-c2ccc(N=Cc3cc([N+](=O)[O-])ccc3O)cc2)cc1O[Si](C)(C)C(C)(C)C. The largest absolute Gasteiger partial charge is 0.541 e. The quantitative estimate of drug-likeness (QED) is 0.0542. The Morgan fingerprint density at radius 2 is 0.879 bits per heavy atom. The fourth-order valence-corrected chi connectivity index (χ4v) is 7.34. The average molecular weight is 819 g/mol. The van der Waals surface area contributed by atoms with Gasteiger partial charge in [0.05, 0.1) is 21.2 Å². The van der Waals surface area contributed by atoms with Crippen LogP contribution in [0.4, 0.5) is 22.7 Å². The van der Waals surface area contributed by atoms with Gasteiger partial charge in [-0.1, -0.05) is 65.8 Å². The minimum Gasteiger partial charge on any atom is -0.541 e. The molecule has 0 unspecified atom stereocenters. The summed E-state index contributed by atoms with van der Waals surface area (Å²) >= 11 is 0. The molecule has 5 aromatic carbocycles. The second-order valence-corrected chi connectivity index (χ2v) is 26.6. The number of nitro groups is 2. The highest BCUT2D eigenvalue weighted by Gasteiger charge is 2.42. The third-order valence-corrected chi connectivity index (χ3v) is 19.6. The molecule has 0 saturated heterocycles. The molecule has 5 aromatic rings. The van der Waals surface area contributed by atoms with Crippen LogP contribution in [0.5, 0.6) is 23.0 Å². The van der Waals surface area contributed by atoms with Gasteiger partial charge >= 0.3 is 0 Å². The second kappa shape index (κ2) is 16.4. The van der Waals surface area contributed by atoms with Crippen LogP contribution < -0.4 is 8.85 Å². The first-order valence-electron chi connectivity index (χ1n) is 18.8. The molecule has 0 spiro atoms. The van der Waals surface area contributed by atoms with Gasteiger partial charge in [0.2, 0.25) is 0 Å². The van der Waals surface area contributed by atoms with Crippen molar-refractivity contribution in [2.75, 3.05) is 0 Å². The van der Waals surface area contributed by atoms with Gasteiger partial charge in [-0.25, -0.2) is 0 Å². The lowest BCUT2D eigenvalue weighted by Crippen LogP contribution is -2.45. The van der Waals surface area contributed by atoms with Crippen molar-refractivity contribution < 1.29 is 28.9 Å². The molecule has 2 N–H and O–H groups in total. The Morgan fingerprint density at radius 3 is 1.17 bits per heavy atom. The molecule has 0 atom stereocenters. The van der Waals surface area contributed by atoms with Gasteiger partial charge in [-0.2, -0.15) is 0 Å². The van der Waals surface area contributed by atoms with Crippen molar-refractivity contribution in [2.24, 2.45) is 9.98 Å². The summed E-state index contributed by atoms with van der Waals surface area (Å²) < 4.78 is 14.1. The zero-order valence-corrected chi connectivity index (χ0v) is 36.5. The maximum Gasteiger partial charge on any atom is 0.270 e. The lowest BCUT2D eigenvalue weighted by molar-refractivity contribution is -0.385. The van der Waals surface area contributed by atoms with Gasteiger partial charge in [-0.05, 0) is 107 Å². The van der Waals surface area contributed by atoms with Crippen molar-refractivity contribution in [3.63, 3.8) is 0 Å². The molecule has 0 aliphatic heterocycles. The number of hydrogen-bond donors (Lipinski definition) is 2. The number of rotatable bonds is 12. The first kappa shape index (κ1) is 43.0. The van der Waals surface area contributed by atoms with E-state index in [4.69, 9.17) is 8.85 Å². The molecule has 0 aliphatic rings. The zero-order valence-electron chi connectivity index (χ0n) is 34.5. The van der Waals surface area contributed by atoms with E-state index in [2.05, 4.69) is 89.8 Å². The van der Waals surface area contributed by atoms with Crippen molar-refractivity contribution in [1.82, 2.24) is 0 Å². The summed E-state index contributed by atoms with van der Waals surface area (Å²) in [5.41, 5.74) is 4.78. The van der Waals surface area contributed by atoms with Crippen LogP contribution in [0.25, 0.3) is 22.3 Å². The molecule has 0 saturated carbocycles. The molecule has 14 heteroatoms. The van der Waals surface area contributed by atoms with E-state index in [1.54, 1.807) is 0 Å². The summed E-state index contributed by atoms with van der Waals surface area (Å²) in [6.45, 7) is 22.0. The third kappa shape index (κ3) is 9.87. The van der Waals surface area contributed by atoms with Crippen LogP contribution in [0.15, 0.2) is 107 Å². The Balaban J connectivity index is 1.63. The van der Waals surface area contributed by atoms with Crippen molar-refractivity contribution in [1.29, 1.82) is 0 Å². The summed E-state index contributed by atoms with van der Waals surface area (Å²) in [6, 6.07) is 26.7. The number of aliphatic imine (C=N–C) groups is 2. The smallest absolute Gasteiger partial charge is 0.270 e. The van der Waals surface area contributed by atoms with Crippen LogP contribution in [0, 0.1) is 20.2 Å². The number of aromatic hydroxyl groups is 2. The van der Waals surface area contributed by atoms with E-state index in [0.717, 1.165) is 22.3 Å². The van der Waals surface area contributed by atoms with Gasteiger partial charge in [0, 0.05) is 47.8 Å². The van der Waals surface area contributed by atoms with Crippen LogP contribution in [0.1, 0.15) is 52.7 Å². The molecule has 0 aromatic heterocycles. The molecule has 0 bridgehead atoms. The second-order valence-electron chi connectivity index (χ2n) is 17.2. The Bertz CT molecular complexity index is 2230. The molecule has 0 amide bonds. The normalized spacial score (nSPS) is 12.6. The average Bonchev–Trinajstić information content (AvgIpc) is 3.14. The van der Waals surface area contributed by atoms with Crippen molar-refractivity contribution in [3.05, 3.63) is 128 Å². The van der Waals surface area contributed by atoms with Gasteiger partial charge < -0.3 is 19.1 Å². The Morgan fingerprint density at radius 1 is 0.552 bits per heavy atom. The highest BCUT2D eigenvalue weighted by atomic mass is 28.4. The van der Waals surface area contributed by atoms with E-state index in [1.807, 2.05) is 48.5 Å². The highest BCUT2D eigenvalue weighted by Crippen LogP contribution is 2.48. The molecular weight excluding hydrogens is 769 g/mol. The first-order chi connectivity index (χ1) is 27.0. The summed E-state index contributed by atoms with van der Waals surface area (Å²) in [5.74, 6) is 1.08. The molecule has 12 nitrogen and oxygen atoms in total. The van der Waals surface area contributed by atoms with Crippen LogP contribution >= 0.6 is 0 Å². The third-order valence-electron chi connectivity index (χ3n) is 10.9. The molecule has 0 radical (unpaired) electrons. The highest BCUT2D eigenvalue weighted by molar-refractivity contribution is 6.75. The number of nitrogens with zero attached hydrogens (tertiary/aromatic N) is 4. The standard InChI is InChI=1S/C44H50N4O8Si2/c1-43(2,3)57(7,8)55-41-25-37(29-11-15-33(16-12-29)45-27-31-23-35(47(51)52)19-21-39(31)49)38(26-42(41)56-58(9,10)44(4,5)6)30-13-17-34(18-14-30)46-28-32-24-36(48(53)54)20-22-40(32)50/h11-28,49-50H,1-10H3. The lowest BCUT2D eigenvalue weighted by atomic mass is 9.93. The maximum absolute atomic E-state index is 11.3. The number of hydrogen-bond acceptors (Lipinski definition) is 10.